The second kappa shape index (κ2) is 4.80. The summed E-state index contributed by atoms with van der Waals surface area (Å²) in [4.78, 5) is 15.9. The van der Waals surface area contributed by atoms with Gasteiger partial charge in [0.2, 0.25) is 0 Å². The first kappa shape index (κ1) is 11.3. The highest BCUT2D eigenvalue weighted by atomic mass is 79.9. The lowest BCUT2D eigenvalue weighted by molar-refractivity contribution is 0.101. The van der Waals surface area contributed by atoms with Crippen LogP contribution in [-0.2, 0) is 6.54 Å². The van der Waals surface area contributed by atoms with Gasteiger partial charge in [0.05, 0.1) is 0 Å². The molecule has 2 aromatic rings. The zero-order valence-electron chi connectivity index (χ0n) is 8.61. The number of rotatable bonds is 3. The molecule has 1 N–H and O–H groups in total. The summed E-state index contributed by atoms with van der Waals surface area (Å²) in [5.41, 5.74) is 0.629. The maximum absolute atomic E-state index is 11.9. The van der Waals surface area contributed by atoms with Crippen LogP contribution in [0.2, 0.25) is 0 Å². The number of thiazole rings is 1. The smallest absolute Gasteiger partial charge is 0.274 e. The maximum atomic E-state index is 11.9. The van der Waals surface area contributed by atoms with Crippen molar-refractivity contribution in [2.75, 3.05) is 5.32 Å². The van der Waals surface area contributed by atoms with Crippen molar-refractivity contribution in [2.45, 2.75) is 13.5 Å². The van der Waals surface area contributed by atoms with Crippen LogP contribution in [0.3, 0.4) is 0 Å². The first-order chi connectivity index (χ1) is 7.70. The number of aromatic nitrogens is 2. The van der Waals surface area contributed by atoms with Crippen LogP contribution in [0, 0.1) is 0 Å². The zero-order chi connectivity index (χ0) is 11.5. The second-order valence-electron chi connectivity index (χ2n) is 3.12. The molecule has 2 heterocycles. The van der Waals surface area contributed by atoms with Gasteiger partial charge in [0, 0.05) is 28.8 Å². The van der Waals surface area contributed by atoms with E-state index in [4.69, 9.17) is 0 Å². The van der Waals surface area contributed by atoms with Crippen LogP contribution in [0.4, 0.5) is 5.13 Å². The summed E-state index contributed by atoms with van der Waals surface area (Å²) in [6.45, 7) is 2.75. The SMILES string of the molecule is CCn1cc(Br)cc1C(=O)Nc1nccs1. The van der Waals surface area contributed by atoms with Gasteiger partial charge < -0.3 is 4.57 Å². The number of aryl methyl sites for hydroxylation is 1. The lowest BCUT2D eigenvalue weighted by atomic mass is 10.4. The molecule has 0 unspecified atom stereocenters. The molecule has 1 amide bonds. The number of hydrogen-bond donors (Lipinski definition) is 1. The van der Waals surface area contributed by atoms with Gasteiger partial charge in [-0.2, -0.15) is 0 Å². The van der Waals surface area contributed by atoms with Crippen molar-refractivity contribution >= 4 is 38.3 Å². The van der Waals surface area contributed by atoms with E-state index in [9.17, 15) is 4.79 Å². The Morgan fingerprint density at radius 3 is 3.12 bits per heavy atom. The first-order valence-electron chi connectivity index (χ1n) is 4.77. The lowest BCUT2D eigenvalue weighted by Crippen LogP contribution is -2.16. The molecule has 0 aliphatic heterocycles. The van der Waals surface area contributed by atoms with Crippen LogP contribution in [-0.4, -0.2) is 15.5 Å². The van der Waals surface area contributed by atoms with Gasteiger partial charge in [-0.15, -0.1) is 11.3 Å². The molecule has 0 atom stereocenters. The van der Waals surface area contributed by atoms with Crippen molar-refractivity contribution < 1.29 is 4.79 Å². The Hall–Kier alpha value is -1.14. The molecule has 0 saturated heterocycles. The van der Waals surface area contributed by atoms with Crippen LogP contribution in [0.5, 0.6) is 0 Å². The predicted molar refractivity (Wildman–Crippen MR) is 67.9 cm³/mol. The molecule has 84 valence electrons. The summed E-state index contributed by atoms with van der Waals surface area (Å²) in [6, 6.07) is 1.80. The molecular formula is C10H10BrN3OS. The summed E-state index contributed by atoms with van der Waals surface area (Å²) >= 11 is 4.76. The highest BCUT2D eigenvalue weighted by Gasteiger charge is 2.13. The first-order valence-corrected chi connectivity index (χ1v) is 6.44. The van der Waals surface area contributed by atoms with Crippen LogP contribution in [0.15, 0.2) is 28.3 Å². The number of anilines is 1. The fourth-order valence-corrected chi connectivity index (χ4v) is 2.36. The highest BCUT2D eigenvalue weighted by Crippen LogP contribution is 2.17. The van der Waals surface area contributed by atoms with E-state index in [0.29, 0.717) is 10.8 Å². The summed E-state index contributed by atoms with van der Waals surface area (Å²) < 4.78 is 2.78. The summed E-state index contributed by atoms with van der Waals surface area (Å²) in [5, 5.41) is 5.19. The number of hydrogen-bond acceptors (Lipinski definition) is 3. The van der Waals surface area contributed by atoms with Gasteiger partial charge in [-0.05, 0) is 28.9 Å². The quantitative estimate of drug-likeness (QED) is 0.947. The second-order valence-corrected chi connectivity index (χ2v) is 4.93. The molecule has 0 radical (unpaired) electrons. The fraction of sp³-hybridized carbons (Fsp3) is 0.200. The van der Waals surface area contributed by atoms with Gasteiger partial charge in [0.15, 0.2) is 5.13 Å². The van der Waals surface area contributed by atoms with Crippen molar-refractivity contribution in [1.29, 1.82) is 0 Å². The topological polar surface area (TPSA) is 46.9 Å². The molecule has 0 aliphatic rings. The number of amides is 1. The van der Waals surface area contributed by atoms with E-state index < -0.39 is 0 Å². The van der Waals surface area contributed by atoms with Gasteiger partial charge in [0.1, 0.15) is 5.69 Å². The normalized spacial score (nSPS) is 10.4. The van der Waals surface area contributed by atoms with E-state index in [2.05, 4.69) is 26.2 Å². The van der Waals surface area contributed by atoms with Crippen molar-refractivity contribution in [3.63, 3.8) is 0 Å². The minimum absolute atomic E-state index is 0.137. The Labute approximate surface area is 105 Å². The molecule has 0 aromatic carbocycles. The number of carbonyl (C=O) groups excluding carboxylic acids is 1. The molecule has 4 nitrogen and oxygen atoms in total. The molecule has 0 fully saturated rings. The standard InChI is InChI=1S/C10H10BrN3OS/c1-2-14-6-7(11)5-8(14)9(15)13-10-12-3-4-16-10/h3-6H,2H2,1H3,(H,12,13,15). The van der Waals surface area contributed by atoms with E-state index in [1.165, 1.54) is 11.3 Å². The lowest BCUT2D eigenvalue weighted by Gasteiger charge is -2.04. The van der Waals surface area contributed by atoms with Crippen LogP contribution in [0.25, 0.3) is 0 Å². The third-order valence-electron chi connectivity index (χ3n) is 2.09. The number of nitrogens with one attached hydrogen (secondary N) is 1. The number of carbonyl (C=O) groups is 1. The monoisotopic (exact) mass is 299 g/mol. The molecule has 2 rings (SSSR count). The van der Waals surface area contributed by atoms with Crippen LogP contribution < -0.4 is 5.32 Å². The van der Waals surface area contributed by atoms with Gasteiger partial charge in [0.25, 0.3) is 5.91 Å². The largest absolute Gasteiger partial charge is 0.343 e. The van der Waals surface area contributed by atoms with Crippen LogP contribution in [0.1, 0.15) is 17.4 Å². The minimum Gasteiger partial charge on any atom is -0.343 e. The van der Waals surface area contributed by atoms with E-state index >= 15 is 0 Å². The predicted octanol–water partition coefficient (Wildman–Crippen LogP) is 2.98. The van der Waals surface area contributed by atoms with E-state index in [0.717, 1.165) is 11.0 Å². The number of nitrogens with zero attached hydrogens (tertiary/aromatic N) is 2. The highest BCUT2D eigenvalue weighted by molar-refractivity contribution is 9.10. The van der Waals surface area contributed by atoms with E-state index in [1.807, 2.05) is 23.1 Å². The number of halogens is 1. The van der Waals surface area contributed by atoms with Crippen LogP contribution >= 0.6 is 27.3 Å². The summed E-state index contributed by atoms with van der Waals surface area (Å²) in [6.07, 6.45) is 3.55. The molecule has 16 heavy (non-hydrogen) atoms. The minimum atomic E-state index is -0.137. The Balaban J connectivity index is 2.20. The average molecular weight is 300 g/mol. The van der Waals surface area contributed by atoms with Crippen molar-refractivity contribution in [1.82, 2.24) is 9.55 Å². The summed E-state index contributed by atoms with van der Waals surface area (Å²) in [7, 11) is 0. The third-order valence-corrected chi connectivity index (χ3v) is 3.21. The maximum Gasteiger partial charge on any atom is 0.274 e. The Morgan fingerprint density at radius 1 is 1.69 bits per heavy atom. The van der Waals surface area contributed by atoms with E-state index in [-0.39, 0.29) is 5.91 Å². The van der Waals surface area contributed by atoms with Crippen molar-refractivity contribution in [3.05, 3.63) is 34.0 Å². The fourth-order valence-electron chi connectivity index (χ4n) is 1.37. The van der Waals surface area contributed by atoms with E-state index in [1.54, 1.807) is 12.3 Å². The molecular weight excluding hydrogens is 290 g/mol. The molecule has 2 aromatic heterocycles. The average Bonchev–Trinajstić information content (AvgIpc) is 2.86. The summed E-state index contributed by atoms with van der Waals surface area (Å²) in [5.74, 6) is -0.137. The van der Waals surface area contributed by atoms with Crippen molar-refractivity contribution in [2.24, 2.45) is 0 Å². The van der Waals surface area contributed by atoms with Gasteiger partial charge in [-0.25, -0.2) is 4.98 Å². The molecule has 0 aliphatic carbocycles. The van der Waals surface area contributed by atoms with Gasteiger partial charge >= 0.3 is 0 Å². The molecule has 0 saturated carbocycles. The van der Waals surface area contributed by atoms with Gasteiger partial charge in [-0.1, -0.05) is 0 Å². The van der Waals surface area contributed by atoms with Gasteiger partial charge in [-0.3, -0.25) is 10.1 Å². The molecule has 0 bridgehead atoms. The Morgan fingerprint density at radius 2 is 2.50 bits per heavy atom. The third kappa shape index (κ3) is 2.33. The Bertz CT molecular complexity index is 492. The molecule has 6 heteroatoms. The molecule has 0 spiro atoms. The zero-order valence-corrected chi connectivity index (χ0v) is 11.0. The Kier molecular flexibility index (Phi) is 3.40. The van der Waals surface area contributed by atoms with Crippen molar-refractivity contribution in [3.8, 4) is 0 Å².